The molecule has 1 amide bonds. The summed E-state index contributed by atoms with van der Waals surface area (Å²) in [7, 11) is 1.58. The number of carbonyl (C=O) groups excluding carboxylic acids is 1. The maximum atomic E-state index is 12.4. The summed E-state index contributed by atoms with van der Waals surface area (Å²) in [6.45, 7) is 0. The van der Waals surface area contributed by atoms with Crippen LogP contribution in [0.25, 0.3) is 11.1 Å². The van der Waals surface area contributed by atoms with Crippen molar-refractivity contribution in [3.63, 3.8) is 0 Å². The Morgan fingerprint density at radius 1 is 1.15 bits per heavy atom. The third-order valence-electron chi connectivity index (χ3n) is 4.68. The van der Waals surface area contributed by atoms with Crippen molar-refractivity contribution in [1.82, 2.24) is 0 Å². The van der Waals surface area contributed by atoms with Gasteiger partial charge >= 0.3 is 5.97 Å². The van der Waals surface area contributed by atoms with E-state index in [0.717, 1.165) is 16.0 Å². The summed E-state index contributed by atoms with van der Waals surface area (Å²) in [5.41, 5.74) is 2.90. The Hall–Kier alpha value is -3.12. The molecule has 0 bridgehead atoms. The van der Waals surface area contributed by atoms with Crippen molar-refractivity contribution < 1.29 is 19.4 Å². The van der Waals surface area contributed by atoms with Gasteiger partial charge in [0.05, 0.1) is 12.8 Å². The summed E-state index contributed by atoms with van der Waals surface area (Å²) >= 11 is 1.23. The largest absolute Gasteiger partial charge is 0.497 e. The molecule has 0 aliphatic carbocycles. The van der Waals surface area contributed by atoms with Gasteiger partial charge < -0.3 is 15.2 Å². The van der Waals surface area contributed by atoms with Gasteiger partial charge in [-0.05, 0) is 23.3 Å². The molecule has 1 aromatic heterocycles. The van der Waals surface area contributed by atoms with Crippen molar-refractivity contribution in [2.24, 2.45) is 0 Å². The van der Waals surface area contributed by atoms with Crippen LogP contribution in [0, 0.1) is 0 Å². The number of anilines is 1. The second-order valence-electron chi connectivity index (χ2n) is 6.29. The van der Waals surface area contributed by atoms with Gasteiger partial charge in [-0.2, -0.15) is 0 Å². The Balaban J connectivity index is 1.91. The number of ether oxygens (including phenoxy) is 1. The molecule has 5 nitrogen and oxygen atoms in total. The van der Waals surface area contributed by atoms with Crippen LogP contribution in [0.5, 0.6) is 5.75 Å². The smallest absolute Gasteiger partial charge is 0.346 e. The van der Waals surface area contributed by atoms with Crippen molar-refractivity contribution in [1.29, 1.82) is 0 Å². The van der Waals surface area contributed by atoms with Gasteiger partial charge in [-0.25, -0.2) is 4.79 Å². The molecule has 1 aliphatic heterocycles. The number of carboxylic acids is 1. The quantitative estimate of drug-likeness (QED) is 0.695. The third-order valence-corrected chi connectivity index (χ3v) is 5.97. The van der Waals surface area contributed by atoms with Gasteiger partial charge in [0.2, 0.25) is 5.91 Å². The molecule has 0 spiro atoms. The Morgan fingerprint density at radius 2 is 1.85 bits per heavy atom. The second kappa shape index (κ2) is 6.89. The topological polar surface area (TPSA) is 75.6 Å². The summed E-state index contributed by atoms with van der Waals surface area (Å²) in [6, 6.07) is 16.9. The van der Waals surface area contributed by atoms with E-state index in [1.807, 2.05) is 42.5 Å². The monoisotopic (exact) mass is 379 g/mol. The highest BCUT2D eigenvalue weighted by Gasteiger charge is 2.34. The van der Waals surface area contributed by atoms with Crippen LogP contribution in [-0.2, 0) is 4.79 Å². The van der Waals surface area contributed by atoms with E-state index >= 15 is 0 Å². The highest BCUT2D eigenvalue weighted by molar-refractivity contribution is 7.15. The number of hydrogen-bond acceptors (Lipinski definition) is 4. The molecule has 1 atom stereocenters. The Labute approximate surface area is 160 Å². The molecule has 3 aromatic rings. The first kappa shape index (κ1) is 17.3. The first-order chi connectivity index (χ1) is 13.1. The van der Waals surface area contributed by atoms with E-state index in [1.165, 1.54) is 11.3 Å². The number of amides is 1. The molecular formula is C21H17NO4S. The molecule has 2 N–H and O–H groups in total. The molecular weight excluding hydrogens is 362 g/mol. The minimum Gasteiger partial charge on any atom is -0.497 e. The van der Waals surface area contributed by atoms with E-state index < -0.39 is 5.97 Å². The molecule has 1 aliphatic rings. The van der Waals surface area contributed by atoms with E-state index in [4.69, 9.17) is 4.74 Å². The maximum Gasteiger partial charge on any atom is 0.346 e. The van der Waals surface area contributed by atoms with E-state index in [1.54, 1.807) is 19.2 Å². The summed E-state index contributed by atoms with van der Waals surface area (Å²) in [4.78, 5) is 25.4. The number of rotatable bonds is 4. The van der Waals surface area contributed by atoms with Crippen LogP contribution >= 0.6 is 11.3 Å². The molecule has 0 fully saturated rings. The van der Waals surface area contributed by atoms with E-state index in [0.29, 0.717) is 23.4 Å². The lowest BCUT2D eigenvalue weighted by atomic mass is 9.89. The number of methoxy groups -OCH3 is 1. The third kappa shape index (κ3) is 3.08. The fourth-order valence-corrected chi connectivity index (χ4v) is 4.67. The lowest BCUT2D eigenvalue weighted by Crippen LogP contribution is -2.22. The van der Waals surface area contributed by atoms with Gasteiger partial charge in [-0.1, -0.05) is 42.5 Å². The number of hydrogen-bond donors (Lipinski definition) is 2. The lowest BCUT2D eigenvalue weighted by Gasteiger charge is -2.23. The van der Waals surface area contributed by atoms with Crippen LogP contribution in [0.15, 0.2) is 54.6 Å². The van der Waals surface area contributed by atoms with Crippen molar-refractivity contribution in [2.45, 2.75) is 12.3 Å². The normalized spacial score (nSPS) is 15.7. The Bertz CT molecular complexity index is 1010. The maximum absolute atomic E-state index is 12.4. The molecule has 4 rings (SSSR count). The van der Waals surface area contributed by atoms with Crippen LogP contribution in [0.2, 0.25) is 0 Å². The SMILES string of the molecule is COc1ccc(-c2c(C(=O)O)sc3c2NC(=O)C[C@@H]3c2ccccc2)cc1. The van der Waals surface area contributed by atoms with Crippen molar-refractivity contribution in [2.75, 3.05) is 12.4 Å². The van der Waals surface area contributed by atoms with Crippen LogP contribution in [0.1, 0.15) is 32.5 Å². The van der Waals surface area contributed by atoms with Gasteiger partial charge in [0, 0.05) is 22.8 Å². The van der Waals surface area contributed by atoms with E-state index in [-0.39, 0.29) is 16.7 Å². The molecule has 136 valence electrons. The predicted molar refractivity (Wildman–Crippen MR) is 105 cm³/mol. The van der Waals surface area contributed by atoms with Crippen LogP contribution < -0.4 is 10.1 Å². The Morgan fingerprint density at radius 3 is 2.48 bits per heavy atom. The number of carbonyl (C=O) groups is 2. The number of fused-ring (bicyclic) bond motifs is 1. The molecule has 27 heavy (non-hydrogen) atoms. The average molecular weight is 379 g/mol. The zero-order valence-electron chi connectivity index (χ0n) is 14.6. The molecule has 2 aromatic carbocycles. The lowest BCUT2D eigenvalue weighted by molar-refractivity contribution is -0.116. The first-order valence-corrected chi connectivity index (χ1v) is 9.29. The predicted octanol–water partition coefficient (Wildman–Crippen LogP) is 4.60. The summed E-state index contributed by atoms with van der Waals surface area (Å²) in [6.07, 6.45) is 0.304. The second-order valence-corrected chi connectivity index (χ2v) is 7.35. The summed E-state index contributed by atoms with van der Waals surface area (Å²) < 4.78 is 5.19. The summed E-state index contributed by atoms with van der Waals surface area (Å²) in [5.74, 6) is -0.571. The molecule has 6 heteroatoms. The number of thiophene rings is 1. The molecule has 2 heterocycles. The summed E-state index contributed by atoms with van der Waals surface area (Å²) in [5, 5.41) is 12.7. The van der Waals surface area contributed by atoms with Gasteiger partial charge in [0.1, 0.15) is 10.6 Å². The van der Waals surface area contributed by atoms with Gasteiger partial charge in [-0.15, -0.1) is 11.3 Å². The molecule has 0 saturated carbocycles. The average Bonchev–Trinajstić information content (AvgIpc) is 3.07. The minimum atomic E-state index is -0.999. The standard InChI is InChI=1S/C21H17NO4S/c1-26-14-9-7-13(8-10-14)17-18-19(27-20(17)21(24)25)15(11-16(23)22-18)12-5-3-2-4-6-12/h2-10,15H,11H2,1H3,(H,22,23)(H,24,25)/t15-/m1/s1. The molecule has 0 radical (unpaired) electrons. The van der Waals surface area contributed by atoms with Crippen molar-refractivity contribution in [3.05, 3.63) is 69.9 Å². The number of aromatic carboxylic acids is 1. The fraction of sp³-hybridized carbons (Fsp3) is 0.143. The zero-order chi connectivity index (χ0) is 19.0. The highest BCUT2D eigenvalue weighted by atomic mass is 32.1. The highest BCUT2D eigenvalue weighted by Crippen LogP contribution is 2.49. The number of nitrogens with one attached hydrogen (secondary N) is 1. The van der Waals surface area contributed by atoms with Crippen LogP contribution in [-0.4, -0.2) is 24.1 Å². The number of benzene rings is 2. The van der Waals surface area contributed by atoms with Crippen LogP contribution in [0.4, 0.5) is 5.69 Å². The Kier molecular flexibility index (Phi) is 4.41. The fourth-order valence-electron chi connectivity index (χ4n) is 3.43. The van der Waals surface area contributed by atoms with Crippen LogP contribution in [0.3, 0.4) is 0 Å². The molecule has 0 unspecified atom stereocenters. The van der Waals surface area contributed by atoms with Gasteiger partial charge in [0.25, 0.3) is 0 Å². The number of carboxylic acid groups (broad SMARTS) is 1. The van der Waals surface area contributed by atoms with Crippen molar-refractivity contribution in [3.8, 4) is 16.9 Å². The minimum absolute atomic E-state index is 0.110. The first-order valence-electron chi connectivity index (χ1n) is 8.47. The van der Waals surface area contributed by atoms with Gasteiger partial charge in [-0.3, -0.25) is 4.79 Å². The molecule has 0 saturated heterocycles. The van der Waals surface area contributed by atoms with Crippen molar-refractivity contribution >= 4 is 28.9 Å². The zero-order valence-corrected chi connectivity index (χ0v) is 15.4. The van der Waals surface area contributed by atoms with E-state index in [9.17, 15) is 14.7 Å². The van der Waals surface area contributed by atoms with Gasteiger partial charge in [0.15, 0.2) is 0 Å². The van der Waals surface area contributed by atoms with E-state index in [2.05, 4.69) is 5.32 Å².